The first kappa shape index (κ1) is 12.2. The van der Waals surface area contributed by atoms with Gasteiger partial charge in [0.1, 0.15) is 0 Å². The standard InChI is InChI=1S/C12H14F3NO/c1-17-11-8(10-3-2-4-16-10)5-7(12(14)15)6-9(11)13/h5-6,10,12,16H,2-4H2,1H3. The SMILES string of the molecule is COc1c(F)cc(C(F)F)cc1C1CCCN1. The van der Waals surface area contributed by atoms with Gasteiger partial charge < -0.3 is 10.1 Å². The van der Waals surface area contributed by atoms with E-state index in [1.54, 1.807) is 0 Å². The molecule has 94 valence electrons. The lowest BCUT2D eigenvalue weighted by Gasteiger charge is -2.17. The molecule has 0 spiro atoms. The van der Waals surface area contributed by atoms with Crippen molar-refractivity contribution in [2.45, 2.75) is 25.3 Å². The molecule has 1 heterocycles. The first-order valence-corrected chi connectivity index (χ1v) is 5.52. The Hall–Kier alpha value is -1.23. The number of hydrogen-bond donors (Lipinski definition) is 1. The van der Waals surface area contributed by atoms with Gasteiger partial charge in [-0.3, -0.25) is 0 Å². The van der Waals surface area contributed by atoms with Crippen molar-refractivity contribution in [3.63, 3.8) is 0 Å². The number of hydrogen-bond acceptors (Lipinski definition) is 2. The molecule has 1 aromatic rings. The van der Waals surface area contributed by atoms with E-state index in [9.17, 15) is 13.2 Å². The number of halogens is 3. The first-order valence-electron chi connectivity index (χ1n) is 5.52. The van der Waals surface area contributed by atoms with E-state index in [1.165, 1.54) is 13.2 Å². The molecule has 2 rings (SSSR count). The van der Waals surface area contributed by atoms with Crippen molar-refractivity contribution in [1.82, 2.24) is 5.32 Å². The molecule has 1 saturated heterocycles. The zero-order valence-corrected chi connectivity index (χ0v) is 9.47. The maximum atomic E-state index is 13.6. The van der Waals surface area contributed by atoms with Crippen molar-refractivity contribution in [3.8, 4) is 5.75 Å². The van der Waals surface area contributed by atoms with Crippen LogP contribution in [0.4, 0.5) is 13.2 Å². The van der Waals surface area contributed by atoms with Crippen LogP contribution in [0.5, 0.6) is 5.75 Å². The molecule has 0 saturated carbocycles. The Kier molecular flexibility index (Phi) is 3.57. The Morgan fingerprint density at radius 1 is 1.41 bits per heavy atom. The molecule has 0 bridgehead atoms. The van der Waals surface area contributed by atoms with Gasteiger partial charge in [-0.15, -0.1) is 0 Å². The summed E-state index contributed by atoms with van der Waals surface area (Å²) >= 11 is 0. The van der Waals surface area contributed by atoms with Gasteiger partial charge in [0.2, 0.25) is 0 Å². The summed E-state index contributed by atoms with van der Waals surface area (Å²) in [5.74, 6) is -0.664. The van der Waals surface area contributed by atoms with Crippen LogP contribution in [0.3, 0.4) is 0 Å². The highest BCUT2D eigenvalue weighted by Gasteiger charge is 2.24. The number of benzene rings is 1. The lowest BCUT2D eigenvalue weighted by atomic mass is 10.0. The van der Waals surface area contributed by atoms with Crippen molar-refractivity contribution < 1.29 is 17.9 Å². The first-order chi connectivity index (χ1) is 8.13. The predicted molar refractivity (Wildman–Crippen MR) is 57.9 cm³/mol. The van der Waals surface area contributed by atoms with Gasteiger partial charge in [0.25, 0.3) is 6.43 Å². The molecule has 5 heteroatoms. The molecule has 2 nitrogen and oxygen atoms in total. The average Bonchev–Trinajstić information content (AvgIpc) is 2.81. The van der Waals surface area contributed by atoms with Gasteiger partial charge in [-0.2, -0.15) is 0 Å². The highest BCUT2D eigenvalue weighted by Crippen LogP contribution is 2.36. The third kappa shape index (κ3) is 2.39. The highest BCUT2D eigenvalue weighted by atomic mass is 19.3. The largest absolute Gasteiger partial charge is 0.493 e. The number of rotatable bonds is 3. The lowest BCUT2D eigenvalue weighted by Crippen LogP contribution is -2.15. The van der Waals surface area contributed by atoms with Crippen molar-refractivity contribution in [2.24, 2.45) is 0 Å². The fourth-order valence-corrected chi connectivity index (χ4v) is 2.19. The van der Waals surface area contributed by atoms with Gasteiger partial charge >= 0.3 is 0 Å². The van der Waals surface area contributed by atoms with Crippen LogP contribution in [-0.2, 0) is 0 Å². The van der Waals surface area contributed by atoms with Crippen LogP contribution in [-0.4, -0.2) is 13.7 Å². The quantitative estimate of drug-likeness (QED) is 0.883. The van der Waals surface area contributed by atoms with E-state index in [4.69, 9.17) is 4.74 Å². The van der Waals surface area contributed by atoms with E-state index >= 15 is 0 Å². The minimum absolute atomic E-state index is 0.0637. The van der Waals surface area contributed by atoms with Crippen LogP contribution in [0.25, 0.3) is 0 Å². The molecule has 1 atom stereocenters. The molecule has 0 aliphatic carbocycles. The maximum Gasteiger partial charge on any atom is 0.263 e. The molecule has 1 aliphatic rings. The molecule has 1 aliphatic heterocycles. The summed E-state index contributed by atoms with van der Waals surface area (Å²) in [6.45, 7) is 0.814. The smallest absolute Gasteiger partial charge is 0.263 e. The summed E-state index contributed by atoms with van der Waals surface area (Å²) in [5, 5.41) is 3.15. The van der Waals surface area contributed by atoms with Crippen LogP contribution >= 0.6 is 0 Å². The maximum absolute atomic E-state index is 13.6. The van der Waals surface area contributed by atoms with E-state index in [0.717, 1.165) is 25.5 Å². The predicted octanol–water partition coefficient (Wildman–Crippen LogP) is 3.20. The summed E-state index contributed by atoms with van der Waals surface area (Å²) in [6, 6.07) is 2.07. The molecular weight excluding hydrogens is 231 g/mol. The summed E-state index contributed by atoms with van der Waals surface area (Å²) in [7, 11) is 1.35. The molecule has 1 aromatic carbocycles. The van der Waals surface area contributed by atoms with Crippen LogP contribution in [0.2, 0.25) is 0 Å². The molecule has 0 aromatic heterocycles. The number of alkyl halides is 2. The summed E-state index contributed by atoms with van der Waals surface area (Å²) < 4.78 is 43.8. The van der Waals surface area contributed by atoms with Gasteiger partial charge in [-0.1, -0.05) is 0 Å². The Bertz CT molecular complexity index is 403. The Labute approximate surface area is 97.8 Å². The summed E-state index contributed by atoms with van der Waals surface area (Å²) in [5.41, 5.74) is 0.187. The van der Waals surface area contributed by atoms with E-state index < -0.39 is 12.2 Å². The van der Waals surface area contributed by atoms with Crippen LogP contribution in [0, 0.1) is 5.82 Å². The zero-order valence-electron chi connectivity index (χ0n) is 9.47. The second-order valence-corrected chi connectivity index (χ2v) is 4.07. The van der Waals surface area contributed by atoms with Crippen LogP contribution in [0.15, 0.2) is 12.1 Å². The van der Waals surface area contributed by atoms with E-state index in [0.29, 0.717) is 5.56 Å². The van der Waals surface area contributed by atoms with Crippen LogP contribution in [0.1, 0.15) is 36.4 Å². The van der Waals surface area contributed by atoms with Crippen molar-refractivity contribution in [1.29, 1.82) is 0 Å². The molecule has 1 unspecified atom stereocenters. The van der Waals surface area contributed by atoms with E-state index in [-0.39, 0.29) is 17.4 Å². The fourth-order valence-electron chi connectivity index (χ4n) is 2.19. The van der Waals surface area contributed by atoms with Gasteiger partial charge in [-0.25, -0.2) is 13.2 Å². The summed E-state index contributed by atoms with van der Waals surface area (Å²) in [6.07, 6.45) is -0.910. The second kappa shape index (κ2) is 4.96. The van der Waals surface area contributed by atoms with Crippen molar-refractivity contribution in [2.75, 3.05) is 13.7 Å². The molecular formula is C12H14F3NO. The third-order valence-corrected chi connectivity index (χ3v) is 2.99. The van der Waals surface area contributed by atoms with Crippen LogP contribution < -0.4 is 10.1 Å². The van der Waals surface area contributed by atoms with Gasteiger partial charge in [0.15, 0.2) is 11.6 Å². The molecule has 1 fully saturated rings. The number of methoxy groups -OCH3 is 1. The zero-order chi connectivity index (χ0) is 12.4. The van der Waals surface area contributed by atoms with E-state index in [1.807, 2.05) is 0 Å². The van der Waals surface area contributed by atoms with Gasteiger partial charge in [0, 0.05) is 17.2 Å². The highest BCUT2D eigenvalue weighted by molar-refractivity contribution is 5.41. The average molecular weight is 245 g/mol. The van der Waals surface area contributed by atoms with Gasteiger partial charge in [0.05, 0.1) is 7.11 Å². The second-order valence-electron chi connectivity index (χ2n) is 4.07. The molecule has 1 N–H and O–H groups in total. The molecule has 0 radical (unpaired) electrons. The fraction of sp³-hybridized carbons (Fsp3) is 0.500. The Morgan fingerprint density at radius 2 is 2.18 bits per heavy atom. The third-order valence-electron chi connectivity index (χ3n) is 2.99. The molecule has 17 heavy (non-hydrogen) atoms. The van der Waals surface area contributed by atoms with Crippen molar-refractivity contribution >= 4 is 0 Å². The van der Waals surface area contributed by atoms with Gasteiger partial charge in [-0.05, 0) is 31.5 Å². The Morgan fingerprint density at radius 3 is 2.71 bits per heavy atom. The minimum Gasteiger partial charge on any atom is -0.493 e. The topological polar surface area (TPSA) is 21.3 Å². The van der Waals surface area contributed by atoms with E-state index in [2.05, 4.69) is 5.32 Å². The normalized spacial score (nSPS) is 19.9. The monoisotopic (exact) mass is 245 g/mol. The molecule has 0 amide bonds. The summed E-state index contributed by atoms with van der Waals surface area (Å²) in [4.78, 5) is 0. The number of ether oxygens (including phenoxy) is 1. The minimum atomic E-state index is -2.67. The Balaban J connectivity index is 2.45. The number of nitrogens with one attached hydrogen (secondary N) is 1. The lowest BCUT2D eigenvalue weighted by molar-refractivity contribution is 0.150. The van der Waals surface area contributed by atoms with Crippen molar-refractivity contribution in [3.05, 3.63) is 29.1 Å².